The van der Waals surface area contributed by atoms with Crippen molar-refractivity contribution in [3.05, 3.63) is 54.0 Å². The number of rotatable bonds is 6. The van der Waals surface area contributed by atoms with E-state index in [0.29, 0.717) is 18.1 Å². The Hall–Kier alpha value is -2.93. The summed E-state index contributed by atoms with van der Waals surface area (Å²) in [6.45, 7) is 3.66. The summed E-state index contributed by atoms with van der Waals surface area (Å²) in [5, 5.41) is 9.34. The minimum atomic E-state index is -0.155. The van der Waals surface area contributed by atoms with Gasteiger partial charge in [-0.25, -0.2) is 4.98 Å². The predicted molar refractivity (Wildman–Crippen MR) is 114 cm³/mol. The molecule has 1 saturated heterocycles. The second kappa shape index (κ2) is 8.61. The SMILES string of the molecule is CN1CCC(CCn2ccc(C(=O)NCc3ccc4c(N)nccc4c3)n2)CC1. The zero-order chi connectivity index (χ0) is 20.2. The number of likely N-dealkylation sites (tertiary alicyclic amines) is 1. The third-order valence-electron chi connectivity index (χ3n) is 5.79. The fraction of sp³-hybridized carbons (Fsp3) is 0.409. The van der Waals surface area contributed by atoms with Gasteiger partial charge in [-0.05, 0) is 74.5 Å². The van der Waals surface area contributed by atoms with Crippen LogP contribution in [0, 0.1) is 5.92 Å². The molecule has 7 nitrogen and oxygen atoms in total. The topological polar surface area (TPSA) is 89.1 Å². The Morgan fingerprint density at radius 2 is 2.07 bits per heavy atom. The molecule has 0 bridgehead atoms. The Morgan fingerprint density at radius 3 is 2.90 bits per heavy atom. The number of piperidine rings is 1. The number of fused-ring (bicyclic) bond motifs is 1. The molecule has 1 fully saturated rings. The molecule has 152 valence electrons. The maximum atomic E-state index is 12.5. The largest absolute Gasteiger partial charge is 0.383 e. The molecule has 3 N–H and O–H groups in total. The summed E-state index contributed by atoms with van der Waals surface area (Å²) in [7, 11) is 2.18. The Kier molecular flexibility index (Phi) is 5.76. The first-order valence-electron chi connectivity index (χ1n) is 10.2. The van der Waals surface area contributed by atoms with Gasteiger partial charge in [0, 0.05) is 30.9 Å². The number of amides is 1. The number of hydrogen-bond donors (Lipinski definition) is 2. The summed E-state index contributed by atoms with van der Waals surface area (Å²) in [6, 6.07) is 9.63. The van der Waals surface area contributed by atoms with Crippen molar-refractivity contribution in [2.24, 2.45) is 5.92 Å². The second-order valence-corrected chi connectivity index (χ2v) is 7.93. The minimum absolute atomic E-state index is 0.155. The van der Waals surface area contributed by atoms with E-state index in [1.165, 1.54) is 25.9 Å². The Bertz CT molecular complexity index is 990. The molecule has 2 aromatic heterocycles. The quantitative estimate of drug-likeness (QED) is 0.673. The Morgan fingerprint density at radius 1 is 1.24 bits per heavy atom. The molecule has 0 unspecified atom stereocenters. The van der Waals surface area contributed by atoms with E-state index in [1.54, 1.807) is 12.3 Å². The van der Waals surface area contributed by atoms with Gasteiger partial charge in [0.25, 0.3) is 5.91 Å². The van der Waals surface area contributed by atoms with E-state index in [1.807, 2.05) is 35.1 Å². The molecule has 0 aliphatic carbocycles. The van der Waals surface area contributed by atoms with Crippen LogP contribution in [0.2, 0.25) is 0 Å². The first-order chi connectivity index (χ1) is 14.1. The van der Waals surface area contributed by atoms with Gasteiger partial charge in [-0.15, -0.1) is 0 Å². The van der Waals surface area contributed by atoms with Crippen LogP contribution in [0.3, 0.4) is 0 Å². The number of carbonyl (C=O) groups is 1. The number of nitrogens with two attached hydrogens (primary N) is 1. The number of aromatic nitrogens is 3. The second-order valence-electron chi connectivity index (χ2n) is 7.93. The lowest BCUT2D eigenvalue weighted by molar-refractivity contribution is 0.0945. The summed E-state index contributed by atoms with van der Waals surface area (Å²) >= 11 is 0. The molecule has 0 spiro atoms. The van der Waals surface area contributed by atoms with Crippen molar-refractivity contribution in [1.29, 1.82) is 0 Å². The average Bonchev–Trinajstić information content (AvgIpc) is 3.21. The van der Waals surface area contributed by atoms with Crippen molar-refractivity contribution in [1.82, 2.24) is 25.0 Å². The van der Waals surface area contributed by atoms with Crippen LogP contribution in [0.4, 0.5) is 5.82 Å². The number of nitrogens with zero attached hydrogens (tertiary/aromatic N) is 4. The molecule has 7 heteroatoms. The van der Waals surface area contributed by atoms with Crippen LogP contribution < -0.4 is 11.1 Å². The molecule has 1 aliphatic rings. The molecule has 1 aromatic carbocycles. The van der Waals surface area contributed by atoms with Gasteiger partial charge in [-0.1, -0.05) is 12.1 Å². The molecule has 3 heterocycles. The lowest BCUT2D eigenvalue weighted by Gasteiger charge is -2.28. The summed E-state index contributed by atoms with van der Waals surface area (Å²) in [5.74, 6) is 1.12. The van der Waals surface area contributed by atoms with Gasteiger partial charge in [-0.3, -0.25) is 9.48 Å². The van der Waals surface area contributed by atoms with E-state index in [4.69, 9.17) is 5.73 Å². The summed E-state index contributed by atoms with van der Waals surface area (Å²) in [5.41, 5.74) is 7.36. The molecule has 1 aliphatic heterocycles. The van der Waals surface area contributed by atoms with Crippen LogP contribution in [0.1, 0.15) is 35.3 Å². The molecular formula is C22H28N6O. The number of anilines is 1. The van der Waals surface area contributed by atoms with Crippen molar-refractivity contribution < 1.29 is 4.79 Å². The summed E-state index contributed by atoms with van der Waals surface area (Å²) in [4.78, 5) is 18.9. The average molecular weight is 393 g/mol. The number of carbonyl (C=O) groups excluding carboxylic acids is 1. The highest BCUT2D eigenvalue weighted by Crippen LogP contribution is 2.21. The molecule has 0 saturated carbocycles. The van der Waals surface area contributed by atoms with Gasteiger partial charge in [0.05, 0.1) is 0 Å². The number of nitrogens with one attached hydrogen (secondary N) is 1. The fourth-order valence-electron chi connectivity index (χ4n) is 3.91. The Balaban J connectivity index is 1.30. The molecule has 0 radical (unpaired) electrons. The van der Waals surface area contributed by atoms with E-state index in [0.717, 1.165) is 35.2 Å². The van der Waals surface area contributed by atoms with E-state index >= 15 is 0 Å². The zero-order valence-corrected chi connectivity index (χ0v) is 16.8. The van der Waals surface area contributed by atoms with Crippen LogP contribution in [0.15, 0.2) is 42.7 Å². The van der Waals surface area contributed by atoms with Crippen molar-refractivity contribution in [2.45, 2.75) is 32.4 Å². The van der Waals surface area contributed by atoms with Gasteiger partial charge < -0.3 is 16.0 Å². The molecule has 3 aromatic rings. The van der Waals surface area contributed by atoms with E-state index in [-0.39, 0.29) is 5.91 Å². The molecule has 0 atom stereocenters. The third kappa shape index (κ3) is 4.74. The highest BCUT2D eigenvalue weighted by Gasteiger charge is 2.17. The van der Waals surface area contributed by atoms with E-state index in [9.17, 15) is 4.79 Å². The van der Waals surface area contributed by atoms with Crippen molar-refractivity contribution in [3.63, 3.8) is 0 Å². The standard InChI is InChI=1S/C22H28N6O/c1-27-10-5-16(6-11-27)7-12-28-13-8-20(26-28)22(29)25-15-17-2-3-19-18(14-17)4-9-24-21(19)23/h2-4,8-9,13-14,16H,5-7,10-12,15H2,1H3,(H2,23,24)(H,25,29). The van der Waals surface area contributed by atoms with Gasteiger partial charge in [-0.2, -0.15) is 5.10 Å². The lowest BCUT2D eigenvalue weighted by Crippen LogP contribution is -2.30. The van der Waals surface area contributed by atoms with Crippen LogP contribution in [0.5, 0.6) is 0 Å². The first-order valence-corrected chi connectivity index (χ1v) is 10.2. The number of pyridine rings is 1. The monoisotopic (exact) mass is 392 g/mol. The molecule has 4 rings (SSSR count). The predicted octanol–water partition coefficient (Wildman–Crippen LogP) is 2.68. The summed E-state index contributed by atoms with van der Waals surface area (Å²) < 4.78 is 1.89. The van der Waals surface area contributed by atoms with Crippen molar-refractivity contribution in [2.75, 3.05) is 25.9 Å². The molecular weight excluding hydrogens is 364 g/mol. The highest BCUT2D eigenvalue weighted by molar-refractivity contribution is 5.93. The first kappa shape index (κ1) is 19.4. The van der Waals surface area contributed by atoms with Crippen molar-refractivity contribution in [3.8, 4) is 0 Å². The van der Waals surface area contributed by atoms with E-state index < -0.39 is 0 Å². The molecule has 29 heavy (non-hydrogen) atoms. The number of aryl methyl sites for hydroxylation is 1. The van der Waals surface area contributed by atoms with Gasteiger partial charge in [0.15, 0.2) is 0 Å². The van der Waals surface area contributed by atoms with Gasteiger partial charge in [0.2, 0.25) is 0 Å². The van der Waals surface area contributed by atoms with E-state index in [2.05, 4.69) is 27.3 Å². The van der Waals surface area contributed by atoms with Crippen LogP contribution >= 0.6 is 0 Å². The normalized spacial score (nSPS) is 15.6. The molecule has 1 amide bonds. The van der Waals surface area contributed by atoms with Crippen LogP contribution in [0.25, 0.3) is 10.8 Å². The summed E-state index contributed by atoms with van der Waals surface area (Å²) in [6.07, 6.45) is 7.21. The van der Waals surface area contributed by atoms with Gasteiger partial charge >= 0.3 is 0 Å². The smallest absolute Gasteiger partial charge is 0.272 e. The van der Waals surface area contributed by atoms with Crippen molar-refractivity contribution >= 4 is 22.5 Å². The van der Waals surface area contributed by atoms with Gasteiger partial charge in [0.1, 0.15) is 11.5 Å². The minimum Gasteiger partial charge on any atom is -0.383 e. The van der Waals surface area contributed by atoms with Crippen LogP contribution in [-0.2, 0) is 13.1 Å². The number of nitrogen functional groups attached to an aromatic ring is 1. The maximum Gasteiger partial charge on any atom is 0.272 e. The Labute approximate surface area is 170 Å². The van der Waals surface area contributed by atoms with Crippen LogP contribution in [-0.4, -0.2) is 45.7 Å². The number of benzene rings is 1. The zero-order valence-electron chi connectivity index (χ0n) is 16.8. The highest BCUT2D eigenvalue weighted by atomic mass is 16.1. The number of hydrogen-bond acceptors (Lipinski definition) is 5. The fourth-order valence-corrected chi connectivity index (χ4v) is 3.91. The third-order valence-corrected chi connectivity index (χ3v) is 5.79. The maximum absolute atomic E-state index is 12.5. The lowest BCUT2D eigenvalue weighted by atomic mass is 9.94.